The van der Waals surface area contributed by atoms with Gasteiger partial charge in [0.25, 0.3) is 10.9 Å². The van der Waals surface area contributed by atoms with Crippen LogP contribution in [0.25, 0.3) is 0 Å². The molecule has 1 unspecified atom stereocenters. The quantitative estimate of drug-likeness (QED) is 0.197. The van der Waals surface area contributed by atoms with Gasteiger partial charge in [-0.2, -0.15) is 0 Å². The number of benzene rings is 1. The Labute approximate surface area is 238 Å². The van der Waals surface area contributed by atoms with Crippen molar-refractivity contribution in [1.82, 2.24) is 0 Å². The smallest absolute Gasteiger partial charge is 0.253 e. The second kappa shape index (κ2) is 15.4. The summed E-state index contributed by atoms with van der Waals surface area (Å²) in [6.45, 7) is 8.50. The van der Waals surface area contributed by atoms with E-state index in [2.05, 4.69) is 31.0 Å². The van der Waals surface area contributed by atoms with E-state index in [9.17, 15) is 14.7 Å². The highest BCUT2D eigenvalue weighted by Crippen LogP contribution is 2.32. The Morgan fingerprint density at radius 2 is 1.90 bits per heavy atom. The van der Waals surface area contributed by atoms with Gasteiger partial charge in [-0.25, -0.2) is 0 Å². The van der Waals surface area contributed by atoms with Crippen molar-refractivity contribution in [2.24, 2.45) is 17.6 Å². The topological polar surface area (TPSA) is 123 Å². The monoisotopic (exact) mass is 559 g/mol. The summed E-state index contributed by atoms with van der Waals surface area (Å²) in [5.74, 6) is 1.95. The molecule has 0 spiro atoms. The molecule has 0 radical (unpaired) electrons. The maximum absolute atomic E-state index is 12.5. The summed E-state index contributed by atoms with van der Waals surface area (Å²) in [7, 11) is 3.30. The highest BCUT2D eigenvalue weighted by Gasteiger charge is 2.32. The molecule has 0 saturated carbocycles. The van der Waals surface area contributed by atoms with Crippen molar-refractivity contribution < 1.29 is 19.3 Å². The van der Waals surface area contributed by atoms with Gasteiger partial charge in [-0.05, 0) is 68.1 Å². The molecule has 0 bridgehead atoms. The normalized spacial score (nSPS) is 18.1. The molecule has 224 valence electrons. The van der Waals surface area contributed by atoms with E-state index in [0.29, 0.717) is 48.4 Å². The number of nitrogens with one attached hydrogen (secondary N) is 1. The Hall–Kier alpha value is -2.62. The molecule has 9 heteroatoms. The Morgan fingerprint density at radius 3 is 2.58 bits per heavy atom. The van der Waals surface area contributed by atoms with Gasteiger partial charge in [0.15, 0.2) is 11.5 Å². The molecule has 1 aliphatic heterocycles. The average Bonchev–Trinajstić information content (AvgIpc) is 2.96. The second-order valence-electron chi connectivity index (χ2n) is 11.4. The molecule has 1 saturated heterocycles. The van der Waals surface area contributed by atoms with Crippen molar-refractivity contribution in [3.63, 3.8) is 0 Å². The van der Waals surface area contributed by atoms with Crippen LogP contribution >= 0.6 is 0 Å². The summed E-state index contributed by atoms with van der Waals surface area (Å²) in [6.07, 6.45) is 5.41. The minimum atomic E-state index is -0.864. The lowest BCUT2D eigenvalue weighted by atomic mass is 9.83. The van der Waals surface area contributed by atoms with Crippen LogP contribution in [0.15, 0.2) is 27.8 Å². The summed E-state index contributed by atoms with van der Waals surface area (Å²) >= 11 is 0. The zero-order chi connectivity index (χ0) is 29.2. The summed E-state index contributed by atoms with van der Waals surface area (Å²) in [4.78, 5) is 26.9. The molecular weight excluding hydrogens is 510 g/mol. The van der Waals surface area contributed by atoms with Crippen LogP contribution < -0.4 is 36.3 Å². The summed E-state index contributed by atoms with van der Waals surface area (Å²) in [5, 5.41) is 14.0. The zero-order valence-electron chi connectivity index (χ0n) is 24.9. The van der Waals surface area contributed by atoms with Crippen molar-refractivity contribution in [2.45, 2.75) is 83.9 Å². The van der Waals surface area contributed by atoms with Crippen molar-refractivity contribution >= 4 is 11.4 Å². The van der Waals surface area contributed by atoms with E-state index in [4.69, 9.17) is 19.9 Å². The van der Waals surface area contributed by atoms with Crippen LogP contribution in [0.3, 0.4) is 0 Å². The summed E-state index contributed by atoms with van der Waals surface area (Å²) < 4.78 is 16.5. The van der Waals surface area contributed by atoms with Gasteiger partial charge in [0, 0.05) is 45.3 Å². The fraction of sp³-hybridized carbons (Fsp3) is 0.677. The number of ether oxygens (including phenoxy) is 3. The number of aliphatic hydroxyl groups excluding tert-OH is 1. The van der Waals surface area contributed by atoms with E-state index in [1.807, 2.05) is 18.2 Å². The number of anilines is 2. The molecule has 0 aromatic heterocycles. The lowest BCUT2D eigenvalue weighted by Crippen LogP contribution is -2.49. The van der Waals surface area contributed by atoms with Gasteiger partial charge in [-0.3, -0.25) is 9.59 Å². The molecule has 2 aromatic rings. The first-order valence-corrected chi connectivity index (χ1v) is 14.8. The average molecular weight is 560 g/mol. The fourth-order valence-electron chi connectivity index (χ4n) is 5.64. The largest absolute Gasteiger partial charge is 0.493 e. The van der Waals surface area contributed by atoms with Crippen molar-refractivity contribution in [3.8, 4) is 11.5 Å². The van der Waals surface area contributed by atoms with E-state index in [-0.39, 0.29) is 18.5 Å². The molecule has 9 nitrogen and oxygen atoms in total. The lowest BCUT2D eigenvalue weighted by Gasteiger charge is -2.38. The van der Waals surface area contributed by atoms with Crippen molar-refractivity contribution in [2.75, 3.05) is 50.7 Å². The van der Waals surface area contributed by atoms with Gasteiger partial charge < -0.3 is 35.3 Å². The molecular formula is C31H49N3O6. The van der Waals surface area contributed by atoms with Crippen LogP contribution in [0.1, 0.15) is 64.9 Å². The highest BCUT2D eigenvalue weighted by atomic mass is 16.5. The Morgan fingerprint density at radius 1 is 1.12 bits per heavy atom. The number of piperidine rings is 1. The molecule has 4 N–H and O–H groups in total. The second-order valence-corrected chi connectivity index (χ2v) is 11.4. The standard InChI is InChI=1S/C31H49N3O6/c1-6-23-10-7-8-13-34(23)29-28(30(36)31(29)37)33-19-25(35)24(32)18-22(20(2)3)16-21-11-12-26(39-5)27(17-21)40-15-9-14-38-4/h11-12,17,20,22-25,33,35H,6-10,13-16,18-19,32H2,1-5H3/t22-,23?,24-,25-/m0/s1. The third kappa shape index (κ3) is 7.98. The number of rotatable bonds is 17. The van der Waals surface area contributed by atoms with Crippen molar-refractivity contribution in [1.29, 1.82) is 0 Å². The molecule has 1 aliphatic rings. The van der Waals surface area contributed by atoms with Crippen LogP contribution in [-0.2, 0) is 11.2 Å². The van der Waals surface area contributed by atoms with E-state index in [1.54, 1.807) is 14.2 Å². The van der Waals surface area contributed by atoms with Crippen LogP contribution in [0.2, 0.25) is 0 Å². The third-order valence-corrected chi connectivity index (χ3v) is 8.25. The van der Waals surface area contributed by atoms with Gasteiger partial charge in [0.1, 0.15) is 11.4 Å². The lowest BCUT2D eigenvalue weighted by molar-refractivity contribution is 0.137. The Kier molecular flexibility index (Phi) is 12.3. The minimum absolute atomic E-state index is 0.121. The van der Waals surface area contributed by atoms with Crippen LogP contribution in [0.4, 0.5) is 11.4 Å². The van der Waals surface area contributed by atoms with Crippen molar-refractivity contribution in [3.05, 3.63) is 44.2 Å². The predicted molar refractivity (Wildman–Crippen MR) is 161 cm³/mol. The molecule has 40 heavy (non-hydrogen) atoms. The first-order valence-electron chi connectivity index (χ1n) is 14.8. The third-order valence-electron chi connectivity index (χ3n) is 8.25. The summed E-state index contributed by atoms with van der Waals surface area (Å²) in [5.41, 5.74) is 7.47. The number of hydrogen-bond donors (Lipinski definition) is 3. The molecule has 4 atom stereocenters. The first-order chi connectivity index (χ1) is 19.2. The van der Waals surface area contributed by atoms with E-state index >= 15 is 0 Å². The number of nitrogens with zero attached hydrogens (tertiary/aromatic N) is 1. The molecule has 1 heterocycles. The van der Waals surface area contributed by atoms with Gasteiger partial charge in [0.05, 0.1) is 19.8 Å². The van der Waals surface area contributed by atoms with Crippen LogP contribution in [0, 0.1) is 11.8 Å². The van der Waals surface area contributed by atoms with Gasteiger partial charge >= 0.3 is 0 Å². The van der Waals surface area contributed by atoms with E-state index < -0.39 is 23.0 Å². The van der Waals surface area contributed by atoms with E-state index in [1.165, 1.54) is 0 Å². The minimum Gasteiger partial charge on any atom is -0.493 e. The van der Waals surface area contributed by atoms with Gasteiger partial charge in [-0.1, -0.05) is 26.8 Å². The zero-order valence-corrected chi connectivity index (χ0v) is 24.9. The maximum Gasteiger partial charge on any atom is 0.253 e. The SMILES string of the molecule is CCC1CCCCN1c1c(NC[C@H](O)[C@@H](N)C[C@H](Cc2ccc(OC)c(OCCCOC)c2)C(C)C)c(=O)c1=O. The predicted octanol–water partition coefficient (Wildman–Crippen LogP) is 3.48. The van der Waals surface area contributed by atoms with E-state index in [0.717, 1.165) is 50.6 Å². The van der Waals surface area contributed by atoms with Gasteiger partial charge in [0.2, 0.25) is 0 Å². The number of hydrogen-bond acceptors (Lipinski definition) is 9. The molecule has 1 fully saturated rings. The fourth-order valence-corrected chi connectivity index (χ4v) is 5.64. The molecule has 0 aliphatic carbocycles. The number of methoxy groups -OCH3 is 2. The van der Waals surface area contributed by atoms with Crippen LogP contribution in [-0.4, -0.2) is 63.8 Å². The molecule has 3 rings (SSSR count). The Balaban J connectivity index is 1.61. The van der Waals surface area contributed by atoms with Crippen LogP contribution in [0.5, 0.6) is 11.5 Å². The highest BCUT2D eigenvalue weighted by molar-refractivity contribution is 5.75. The maximum atomic E-state index is 12.5. The molecule has 0 amide bonds. The van der Waals surface area contributed by atoms with Gasteiger partial charge in [-0.15, -0.1) is 0 Å². The molecule has 2 aromatic carbocycles. The Bertz CT molecular complexity index is 1130. The number of nitrogens with two attached hydrogens (primary N) is 1. The summed E-state index contributed by atoms with van der Waals surface area (Å²) in [6, 6.07) is 5.76. The first kappa shape index (κ1) is 31.9. The number of aliphatic hydroxyl groups is 1.